The Morgan fingerprint density at radius 3 is 3.10 bits per heavy atom. The number of hydrogen-bond donors (Lipinski definition) is 1. The van der Waals surface area contributed by atoms with Crippen molar-refractivity contribution < 1.29 is 9.32 Å². The molecule has 0 fully saturated rings. The number of anilines is 1. The average molecular weight is 290 g/mol. The molecule has 1 N–H and O–H groups in total. The molecule has 2 aromatic heterocycles. The van der Waals surface area contributed by atoms with Gasteiger partial charge in [-0.15, -0.1) is 11.3 Å². The van der Waals surface area contributed by atoms with Crippen molar-refractivity contribution in [2.75, 3.05) is 5.32 Å². The van der Waals surface area contributed by atoms with Crippen LogP contribution in [0.4, 0.5) is 5.82 Å². The highest BCUT2D eigenvalue weighted by atomic mass is 32.1. The summed E-state index contributed by atoms with van der Waals surface area (Å²) in [5.74, 6) is 1.85. The first kappa shape index (κ1) is 13.4. The normalized spacial score (nSPS) is 17.8. The van der Waals surface area contributed by atoms with E-state index in [0.29, 0.717) is 11.6 Å². The number of nitrogens with zero attached hydrogens (tertiary/aromatic N) is 1. The summed E-state index contributed by atoms with van der Waals surface area (Å²) >= 11 is 1.61. The molecular weight excluding hydrogens is 272 g/mol. The largest absolute Gasteiger partial charge is 0.360 e. The summed E-state index contributed by atoms with van der Waals surface area (Å²) in [4.78, 5) is 14.4. The van der Waals surface area contributed by atoms with Crippen LogP contribution in [0, 0.1) is 12.8 Å². The van der Waals surface area contributed by atoms with Crippen LogP contribution in [0.3, 0.4) is 0 Å². The van der Waals surface area contributed by atoms with Crippen molar-refractivity contribution in [2.45, 2.75) is 39.5 Å². The molecule has 0 aromatic carbocycles. The Labute approximate surface area is 122 Å². The zero-order valence-corrected chi connectivity index (χ0v) is 12.5. The number of fused-ring (bicyclic) bond motifs is 1. The van der Waals surface area contributed by atoms with Crippen LogP contribution in [0.15, 0.2) is 16.7 Å². The number of rotatable bonds is 3. The maximum atomic E-state index is 12.2. The van der Waals surface area contributed by atoms with E-state index in [1.54, 1.807) is 24.3 Å². The van der Waals surface area contributed by atoms with Gasteiger partial charge >= 0.3 is 0 Å². The molecule has 1 aliphatic carbocycles. The predicted molar refractivity (Wildman–Crippen MR) is 79.3 cm³/mol. The molecule has 0 spiro atoms. The van der Waals surface area contributed by atoms with Crippen molar-refractivity contribution in [1.29, 1.82) is 0 Å². The average Bonchev–Trinajstić information content (AvgIpc) is 3.03. The second-order valence-electron chi connectivity index (χ2n) is 5.35. The predicted octanol–water partition coefficient (Wildman–Crippen LogP) is 3.81. The number of aryl methyl sites for hydroxylation is 2. The third-order valence-electron chi connectivity index (χ3n) is 3.86. The molecule has 0 bridgehead atoms. The molecule has 0 unspecified atom stereocenters. The summed E-state index contributed by atoms with van der Waals surface area (Å²) in [7, 11) is 0. The van der Waals surface area contributed by atoms with Gasteiger partial charge in [-0.2, -0.15) is 0 Å². The minimum absolute atomic E-state index is 0.0919. The molecule has 4 nitrogen and oxygen atoms in total. The Morgan fingerprint density at radius 1 is 1.55 bits per heavy atom. The van der Waals surface area contributed by atoms with E-state index in [2.05, 4.69) is 17.4 Å². The zero-order chi connectivity index (χ0) is 14.1. The van der Waals surface area contributed by atoms with E-state index in [4.69, 9.17) is 4.52 Å². The van der Waals surface area contributed by atoms with Crippen LogP contribution in [0.1, 0.15) is 45.6 Å². The summed E-state index contributed by atoms with van der Waals surface area (Å²) in [5.41, 5.74) is 1.36. The number of aromatic nitrogens is 1. The van der Waals surface area contributed by atoms with Crippen molar-refractivity contribution in [3.63, 3.8) is 0 Å². The SMILES string of the molecule is CC[C@H]1CCc2sc(C(=O)Nc3cc(C)on3)cc2C1. The first-order valence-corrected chi connectivity index (χ1v) is 7.83. The van der Waals surface area contributed by atoms with E-state index < -0.39 is 0 Å². The van der Waals surface area contributed by atoms with Crippen LogP contribution >= 0.6 is 11.3 Å². The van der Waals surface area contributed by atoms with E-state index >= 15 is 0 Å². The highest BCUT2D eigenvalue weighted by Gasteiger charge is 2.22. The van der Waals surface area contributed by atoms with Crippen molar-refractivity contribution >= 4 is 23.1 Å². The first-order chi connectivity index (χ1) is 9.65. The third kappa shape index (κ3) is 2.63. The van der Waals surface area contributed by atoms with Crippen LogP contribution < -0.4 is 5.32 Å². The fourth-order valence-corrected chi connectivity index (χ4v) is 3.77. The van der Waals surface area contributed by atoms with Gasteiger partial charge in [-0.05, 0) is 43.7 Å². The fraction of sp³-hybridized carbons (Fsp3) is 0.467. The molecule has 0 aliphatic heterocycles. The summed E-state index contributed by atoms with van der Waals surface area (Å²) in [6, 6.07) is 3.77. The molecule has 0 saturated carbocycles. The Kier molecular flexibility index (Phi) is 3.61. The number of carbonyl (C=O) groups is 1. The van der Waals surface area contributed by atoms with Gasteiger partial charge in [0.25, 0.3) is 5.91 Å². The minimum Gasteiger partial charge on any atom is -0.360 e. The van der Waals surface area contributed by atoms with E-state index in [1.807, 2.05) is 6.07 Å². The first-order valence-electron chi connectivity index (χ1n) is 7.02. The molecule has 0 radical (unpaired) electrons. The zero-order valence-electron chi connectivity index (χ0n) is 11.7. The lowest BCUT2D eigenvalue weighted by molar-refractivity contribution is 0.102. The fourth-order valence-electron chi connectivity index (χ4n) is 2.66. The van der Waals surface area contributed by atoms with Gasteiger partial charge in [0, 0.05) is 10.9 Å². The van der Waals surface area contributed by atoms with E-state index in [0.717, 1.165) is 23.6 Å². The minimum atomic E-state index is -0.0919. The number of carbonyl (C=O) groups excluding carboxylic acids is 1. The molecule has 20 heavy (non-hydrogen) atoms. The van der Waals surface area contributed by atoms with Crippen molar-refractivity contribution in [3.05, 3.63) is 33.2 Å². The highest BCUT2D eigenvalue weighted by molar-refractivity contribution is 7.14. The number of hydrogen-bond acceptors (Lipinski definition) is 4. The molecule has 2 heterocycles. The summed E-state index contributed by atoms with van der Waals surface area (Å²) in [6.07, 6.45) is 4.68. The lowest BCUT2D eigenvalue weighted by Gasteiger charge is -2.19. The van der Waals surface area contributed by atoms with Crippen molar-refractivity contribution in [2.24, 2.45) is 5.92 Å². The molecule has 106 valence electrons. The lowest BCUT2D eigenvalue weighted by atomic mass is 9.87. The van der Waals surface area contributed by atoms with Gasteiger partial charge in [-0.25, -0.2) is 0 Å². The molecular formula is C15H18N2O2S. The van der Waals surface area contributed by atoms with Crippen molar-refractivity contribution in [1.82, 2.24) is 5.16 Å². The standard InChI is InChI=1S/C15H18N2O2S/c1-3-10-4-5-12-11(7-10)8-13(20-12)15(18)16-14-6-9(2)19-17-14/h6,8,10H,3-5,7H2,1-2H3,(H,16,17,18)/t10-/m0/s1. The van der Waals surface area contributed by atoms with Gasteiger partial charge in [0.1, 0.15) is 5.76 Å². The van der Waals surface area contributed by atoms with Gasteiger partial charge in [0.05, 0.1) is 4.88 Å². The van der Waals surface area contributed by atoms with E-state index in [-0.39, 0.29) is 5.91 Å². The van der Waals surface area contributed by atoms with Crippen LogP contribution in [0.5, 0.6) is 0 Å². The summed E-state index contributed by atoms with van der Waals surface area (Å²) in [6.45, 7) is 4.04. The molecule has 1 amide bonds. The Hall–Kier alpha value is -1.62. The molecule has 0 saturated heterocycles. The molecule has 2 aromatic rings. The Balaban J connectivity index is 1.74. The van der Waals surface area contributed by atoms with Crippen LogP contribution in [-0.4, -0.2) is 11.1 Å². The molecule has 1 aliphatic rings. The van der Waals surface area contributed by atoms with Gasteiger partial charge < -0.3 is 9.84 Å². The second kappa shape index (κ2) is 5.40. The lowest BCUT2D eigenvalue weighted by Crippen LogP contribution is -2.11. The van der Waals surface area contributed by atoms with Gasteiger partial charge in [0.15, 0.2) is 5.82 Å². The third-order valence-corrected chi connectivity index (χ3v) is 5.09. The second-order valence-corrected chi connectivity index (χ2v) is 6.49. The number of thiophene rings is 1. The summed E-state index contributed by atoms with van der Waals surface area (Å²) < 4.78 is 4.95. The van der Waals surface area contributed by atoms with E-state index in [1.165, 1.54) is 23.3 Å². The maximum absolute atomic E-state index is 12.2. The van der Waals surface area contributed by atoms with Gasteiger partial charge in [-0.1, -0.05) is 18.5 Å². The molecule has 5 heteroatoms. The summed E-state index contributed by atoms with van der Waals surface area (Å²) in [5, 5.41) is 6.57. The van der Waals surface area contributed by atoms with Crippen LogP contribution in [0.2, 0.25) is 0 Å². The monoisotopic (exact) mass is 290 g/mol. The van der Waals surface area contributed by atoms with Crippen molar-refractivity contribution in [3.8, 4) is 0 Å². The Bertz CT molecular complexity index is 630. The van der Waals surface area contributed by atoms with E-state index in [9.17, 15) is 4.79 Å². The van der Waals surface area contributed by atoms with Crippen LogP contribution in [-0.2, 0) is 12.8 Å². The van der Waals surface area contributed by atoms with Gasteiger partial charge in [0.2, 0.25) is 0 Å². The van der Waals surface area contributed by atoms with Crippen LogP contribution in [0.25, 0.3) is 0 Å². The number of amides is 1. The Morgan fingerprint density at radius 2 is 2.40 bits per heavy atom. The molecule has 3 rings (SSSR count). The quantitative estimate of drug-likeness (QED) is 0.935. The highest BCUT2D eigenvalue weighted by Crippen LogP contribution is 2.33. The maximum Gasteiger partial charge on any atom is 0.266 e. The van der Waals surface area contributed by atoms with Gasteiger partial charge in [-0.3, -0.25) is 4.79 Å². The topological polar surface area (TPSA) is 55.1 Å². The molecule has 1 atom stereocenters. The number of nitrogens with one attached hydrogen (secondary N) is 1. The smallest absolute Gasteiger partial charge is 0.266 e.